The third kappa shape index (κ3) is 4.01. The van der Waals surface area contributed by atoms with Crippen LogP contribution >= 0.6 is 22.9 Å². The fourth-order valence-corrected chi connectivity index (χ4v) is 3.06. The molecule has 0 aliphatic heterocycles. The number of oxazole rings is 1. The number of nitrogens with zero attached hydrogens (tertiary/aromatic N) is 2. The molecule has 2 aromatic heterocycles. The first-order valence-electron chi connectivity index (χ1n) is 7.46. The molecule has 0 saturated carbocycles. The van der Waals surface area contributed by atoms with Gasteiger partial charge in [-0.25, -0.2) is 9.97 Å². The molecule has 0 bridgehead atoms. The summed E-state index contributed by atoms with van der Waals surface area (Å²) in [7, 11) is 0. The lowest BCUT2D eigenvalue weighted by Crippen LogP contribution is -2.12. The maximum absolute atomic E-state index is 12.0. The lowest BCUT2D eigenvalue weighted by molar-refractivity contribution is -0.116. The van der Waals surface area contributed by atoms with Crippen molar-refractivity contribution in [2.24, 2.45) is 0 Å². The number of benzene rings is 1. The minimum absolute atomic E-state index is 0.102. The largest absolute Gasteiger partial charge is 0.441 e. The first-order chi connectivity index (χ1) is 11.5. The molecule has 0 radical (unpaired) electrons. The van der Waals surface area contributed by atoms with Crippen molar-refractivity contribution in [1.82, 2.24) is 9.97 Å². The van der Waals surface area contributed by atoms with Crippen molar-refractivity contribution in [2.75, 3.05) is 5.32 Å². The highest BCUT2D eigenvalue weighted by Crippen LogP contribution is 2.23. The van der Waals surface area contributed by atoms with Crippen molar-refractivity contribution >= 4 is 34.0 Å². The topological polar surface area (TPSA) is 68.0 Å². The summed E-state index contributed by atoms with van der Waals surface area (Å²) in [4.78, 5) is 21.6. The molecule has 0 aliphatic rings. The molecule has 5 nitrogen and oxygen atoms in total. The average molecular weight is 362 g/mol. The number of halogens is 1. The van der Waals surface area contributed by atoms with Crippen LogP contribution in [0.25, 0.3) is 11.3 Å². The van der Waals surface area contributed by atoms with Crippen LogP contribution in [0.2, 0.25) is 5.02 Å². The molecule has 1 amide bonds. The minimum atomic E-state index is -0.102. The maximum Gasteiger partial charge on any atom is 0.226 e. The minimum Gasteiger partial charge on any atom is -0.441 e. The molecular weight excluding hydrogens is 346 g/mol. The van der Waals surface area contributed by atoms with Crippen molar-refractivity contribution in [3.05, 3.63) is 51.9 Å². The quantitative estimate of drug-likeness (QED) is 0.718. The molecule has 0 atom stereocenters. The average Bonchev–Trinajstić information content (AvgIpc) is 3.13. The van der Waals surface area contributed by atoms with E-state index in [0.717, 1.165) is 16.1 Å². The van der Waals surface area contributed by atoms with Crippen LogP contribution in [0.3, 0.4) is 0 Å². The smallest absolute Gasteiger partial charge is 0.226 e. The molecule has 7 heteroatoms. The standard InChI is InChI=1S/C17H16ClN3O2S/c1-10-11(2)24-17(20-10)21-15(22)7-8-16-19-9-14(23-16)12-3-5-13(18)6-4-12/h3-6,9H,7-8H2,1-2H3,(H,20,21,22). The lowest BCUT2D eigenvalue weighted by Gasteiger charge is -2.00. The van der Waals surface area contributed by atoms with Gasteiger partial charge in [0.15, 0.2) is 16.8 Å². The molecule has 1 N–H and O–H groups in total. The van der Waals surface area contributed by atoms with Gasteiger partial charge < -0.3 is 9.73 Å². The van der Waals surface area contributed by atoms with Gasteiger partial charge in [0.1, 0.15) is 0 Å². The monoisotopic (exact) mass is 361 g/mol. The van der Waals surface area contributed by atoms with E-state index in [4.69, 9.17) is 16.0 Å². The maximum atomic E-state index is 12.0. The summed E-state index contributed by atoms with van der Waals surface area (Å²) >= 11 is 7.35. The molecular formula is C17H16ClN3O2S. The molecule has 1 aromatic carbocycles. The van der Waals surface area contributed by atoms with Crippen molar-refractivity contribution < 1.29 is 9.21 Å². The third-order valence-corrected chi connectivity index (χ3v) is 4.76. The number of rotatable bonds is 5. The first kappa shape index (κ1) is 16.7. The molecule has 0 unspecified atom stereocenters. The number of hydrogen-bond acceptors (Lipinski definition) is 5. The SMILES string of the molecule is Cc1nc(NC(=O)CCc2ncc(-c3ccc(Cl)cc3)o2)sc1C. The molecule has 2 heterocycles. The summed E-state index contributed by atoms with van der Waals surface area (Å²) < 4.78 is 5.69. The summed E-state index contributed by atoms with van der Waals surface area (Å²) in [6, 6.07) is 7.33. The summed E-state index contributed by atoms with van der Waals surface area (Å²) in [5, 5.41) is 4.10. The Morgan fingerprint density at radius 1 is 1.29 bits per heavy atom. The molecule has 124 valence electrons. The van der Waals surface area contributed by atoms with Crippen molar-refractivity contribution in [3.63, 3.8) is 0 Å². The van der Waals surface area contributed by atoms with Gasteiger partial charge in [-0.15, -0.1) is 11.3 Å². The van der Waals surface area contributed by atoms with Crippen LogP contribution in [0.4, 0.5) is 5.13 Å². The Balaban J connectivity index is 1.57. The lowest BCUT2D eigenvalue weighted by atomic mass is 10.2. The molecule has 0 aliphatic carbocycles. The Kier molecular flexibility index (Phi) is 4.97. The highest BCUT2D eigenvalue weighted by atomic mass is 35.5. The Labute approximate surface area is 148 Å². The van der Waals surface area contributed by atoms with Gasteiger partial charge in [-0.2, -0.15) is 0 Å². The van der Waals surface area contributed by atoms with E-state index in [9.17, 15) is 4.79 Å². The van der Waals surface area contributed by atoms with Gasteiger partial charge in [0.05, 0.1) is 11.9 Å². The number of nitrogens with one attached hydrogen (secondary N) is 1. The molecule has 0 fully saturated rings. The predicted molar refractivity (Wildman–Crippen MR) is 95.5 cm³/mol. The second-order valence-electron chi connectivity index (χ2n) is 5.33. The number of hydrogen-bond donors (Lipinski definition) is 1. The van der Waals surface area contributed by atoms with Gasteiger partial charge in [0.2, 0.25) is 5.91 Å². The van der Waals surface area contributed by atoms with Crippen LogP contribution in [0.5, 0.6) is 0 Å². The first-order valence-corrected chi connectivity index (χ1v) is 8.65. The predicted octanol–water partition coefficient (Wildman–Crippen LogP) is 4.64. The van der Waals surface area contributed by atoms with Crippen LogP contribution in [0.1, 0.15) is 22.9 Å². The summed E-state index contributed by atoms with van der Waals surface area (Å²) in [6.07, 6.45) is 2.38. The number of carbonyl (C=O) groups excluding carboxylic acids is 1. The van der Waals surface area contributed by atoms with E-state index < -0.39 is 0 Å². The van der Waals surface area contributed by atoms with Crippen molar-refractivity contribution in [1.29, 1.82) is 0 Å². The van der Waals surface area contributed by atoms with E-state index in [2.05, 4.69) is 15.3 Å². The number of thiazole rings is 1. The van der Waals surface area contributed by atoms with Crippen molar-refractivity contribution in [2.45, 2.75) is 26.7 Å². The molecule has 3 aromatic rings. The number of aromatic nitrogens is 2. The van der Waals surface area contributed by atoms with Crippen LogP contribution in [0, 0.1) is 13.8 Å². The zero-order valence-electron chi connectivity index (χ0n) is 13.3. The zero-order chi connectivity index (χ0) is 17.1. The number of anilines is 1. The van der Waals surface area contributed by atoms with Gasteiger partial charge in [0.25, 0.3) is 0 Å². The van der Waals surface area contributed by atoms with Crippen molar-refractivity contribution in [3.8, 4) is 11.3 Å². The van der Waals surface area contributed by atoms with Crippen LogP contribution < -0.4 is 5.32 Å². The Morgan fingerprint density at radius 3 is 2.71 bits per heavy atom. The van der Waals surface area contributed by atoms with Crippen LogP contribution in [-0.4, -0.2) is 15.9 Å². The van der Waals surface area contributed by atoms with E-state index in [1.807, 2.05) is 26.0 Å². The molecule has 24 heavy (non-hydrogen) atoms. The van der Waals surface area contributed by atoms with Gasteiger partial charge in [-0.1, -0.05) is 11.6 Å². The van der Waals surface area contributed by atoms with Crippen LogP contribution in [-0.2, 0) is 11.2 Å². The Hall–Kier alpha value is -2.18. The number of carbonyl (C=O) groups is 1. The summed E-state index contributed by atoms with van der Waals surface area (Å²) in [5.41, 5.74) is 1.84. The fraction of sp³-hybridized carbons (Fsp3) is 0.235. The fourth-order valence-electron chi connectivity index (χ4n) is 2.10. The Bertz CT molecular complexity index is 836. The summed E-state index contributed by atoms with van der Waals surface area (Å²) in [6.45, 7) is 3.90. The molecule has 0 spiro atoms. The normalized spacial score (nSPS) is 10.8. The van der Waals surface area contributed by atoms with Gasteiger partial charge in [-0.3, -0.25) is 4.79 Å². The van der Waals surface area contributed by atoms with E-state index in [0.29, 0.717) is 28.2 Å². The highest BCUT2D eigenvalue weighted by molar-refractivity contribution is 7.15. The van der Waals surface area contributed by atoms with E-state index in [1.54, 1.807) is 18.3 Å². The highest BCUT2D eigenvalue weighted by Gasteiger charge is 2.11. The van der Waals surface area contributed by atoms with E-state index in [-0.39, 0.29) is 12.3 Å². The molecule has 3 rings (SSSR count). The summed E-state index contributed by atoms with van der Waals surface area (Å²) in [5.74, 6) is 1.09. The number of aryl methyl sites for hydroxylation is 3. The second-order valence-corrected chi connectivity index (χ2v) is 6.97. The Morgan fingerprint density at radius 2 is 2.04 bits per heavy atom. The van der Waals surface area contributed by atoms with Gasteiger partial charge >= 0.3 is 0 Å². The van der Waals surface area contributed by atoms with Crippen LogP contribution in [0.15, 0.2) is 34.9 Å². The zero-order valence-corrected chi connectivity index (χ0v) is 14.9. The van der Waals surface area contributed by atoms with E-state index >= 15 is 0 Å². The molecule has 0 saturated heterocycles. The third-order valence-electron chi connectivity index (χ3n) is 3.52. The van der Waals surface area contributed by atoms with Gasteiger partial charge in [0, 0.05) is 28.3 Å². The van der Waals surface area contributed by atoms with E-state index in [1.165, 1.54) is 11.3 Å². The second kappa shape index (κ2) is 7.15. The number of amides is 1. The van der Waals surface area contributed by atoms with Gasteiger partial charge in [-0.05, 0) is 38.1 Å².